The second-order valence-electron chi connectivity index (χ2n) is 4.03. The van der Waals surface area contributed by atoms with Crippen LogP contribution in [0.2, 0.25) is 0 Å². The van der Waals surface area contributed by atoms with Crippen molar-refractivity contribution in [3.63, 3.8) is 0 Å². The molecule has 0 fully saturated rings. The maximum Gasteiger partial charge on any atom is 0.195 e. The number of H-pyrrole nitrogens is 1. The number of aromatic amines is 1. The van der Waals surface area contributed by atoms with Gasteiger partial charge in [0.1, 0.15) is 5.82 Å². The molecule has 0 bridgehead atoms. The van der Waals surface area contributed by atoms with E-state index in [1.54, 1.807) is 6.07 Å². The summed E-state index contributed by atoms with van der Waals surface area (Å²) in [4.78, 5) is 15.2. The molecule has 0 aliphatic carbocycles. The number of aromatic nitrogens is 1. The largest absolute Gasteiger partial charge is 0.358 e. The number of hydrogen-bond acceptors (Lipinski definition) is 1. The summed E-state index contributed by atoms with van der Waals surface area (Å²) in [6.07, 6.45) is 0.616. The van der Waals surface area contributed by atoms with Gasteiger partial charge in [-0.15, -0.1) is 0 Å². The standard InChI is InChI=1S/C13H14FNO/c1-4-9-8(3)15-12-7(2)5-6-10(14)11(12)13(9)16/h5-6H,4H2,1-3H3,(H,15,16). The second kappa shape index (κ2) is 3.74. The zero-order chi connectivity index (χ0) is 11.9. The van der Waals surface area contributed by atoms with Crippen molar-refractivity contribution in [2.75, 3.05) is 0 Å². The first-order valence-corrected chi connectivity index (χ1v) is 5.36. The summed E-state index contributed by atoms with van der Waals surface area (Å²) < 4.78 is 13.7. The third-order valence-corrected chi connectivity index (χ3v) is 2.98. The predicted octanol–water partition coefficient (Wildman–Crippen LogP) is 2.85. The summed E-state index contributed by atoms with van der Waals surface area (Å²) >= 11 is 0. The molecule has 0 spiro atoms. The number of halogens is 1. The molecule has 0 saturated carbocycles. The molecule has 1 aromatic carbocycles. The number of pyridine rings is 1. The fourth-order valence-corrected chi connectivity index (χ4v) is 2.07. The van der Waals surface area contributed by atoms with Crippen LogP contribution in [0.4, 0.5) is 4.39 Å². The maximum atomic E-state index is 13.7. The van der Waals surface area contributed by atoms with Crippen molar-refractivity contribution < 1.29 is 4.39 Å². The van der Waals surface area contributed by atoms with Gasteiger partial charge in [-0.25, -0.2) is 4.39 Å². The lowest BCUT2D eigenvalue weighted by Crippen LogP contribution is -2.14. The van der Waals surface area contributed by atoms with Gasteiger partial charge in [-0.1, -0.05) is 13.0 Å². The summed E-state index contributed by atoms with van der Waals surface area (Å²) in [5.41, 5.74) is 2.81. The average molecular weight is 219 g/mol. The average Bonchev–Trinajstić information content (AvgIpc) is 2.24. The van der Waals surface area contributed by atoms with Gasteiger partial charge in [-0.05, 0) is 31.9 Å². The van der Waals surface area contributed by atoms with Gasteiger partial charge in [-0.2, -0.15) is 0 Å². The summed E-state index contributed by atoms with van der Waals surface area (Å²) in [5.74, 6) is -0.448. The van der Waals surface area contributed by atoms with Crippen LogP contribution in [0.5, 0.6) is 0 Å². The van der Waals surface area contributed by atoms with Crippen LogP contribution in [0, 0.1) is 19.7 Å². The van der Waals surface area contributed by atoms with E-state index in [0.717, 1.165) is 11.3 Å². The Hall–Kier alpha value is -1.64. The van der Waals surface area contributed by atoms with Crippen LogP contribution in [0.25, 0.3) is 10.9 Å². The van der Waals surface area contributed by atoms with E-state index >= 15 is 0 Å². The van der Waals surface area contributed by atoms with Gasteiger partial charge >= 0.3 is 0 Å². The molecular weight excluding hydrogens is 205 g/mol. The van der Waals surface area contributed by atoms with Crippen molar-refractivity contribution in [2.45, 2.75) is 27.2 Å². The normalized spacial score (nSPS) is 11.0. The van der Waals surface area contributed by atoms with E-state index in [1.807, 2.05) is 20.8 Å². The molecule has 1 N–H and O–H groups in total. The second-order valence-corrected chi connectivity index (χ2v) is 4.03. The minimum absolute atomic E-state index is 0.183. The zero-order valence-electron chi connectivity index (χ0n) is 9.65. The third kappa shape index (κ3) is 1.43. The number of fused-ring (bicyclic) bond motifs is 1. The summed E-state index contributed by atoms with van der Waals surface area (Å²) in [6, 6.07) is 3.03. The van der Waals surface area contributed by atoms with Crippen LogP contribution in [0.3, 0.4) is 0 Å². The van der Waals surface area contributed by atoms with Crippen LogP contribution in [-0.4, -0.2) is 4.98 Å². The van der Waals surface area contributed by atoms with Gasteiger partial charge in [-0.3, -0.25) is 4.79 Å². The first-order valence-electron chi connectivity index (χ1n) is 5.36. The highest BCUT2D eigenvalue weighted by Gasteiger charge is 2.12. The van der Waals surface area contributed by atoms with Crippen molar-refractivity contribution in [2.24, 2.45) is 0 Å². The van der Waals surface area contributed by atoms with Crippen molar-refractivity contribution in [1.82, 2.24) is 4.98 Å². The highest BCUT2D eigenvalue weighted by atomic mass is 19.1. The number of aryl methyl sites for hydroxylation is 2. The minimum Gasteiger partial charge on any atom is -0.358 e. The Balaban J connectivity index is 3.05. The van der Waals surface area contributed by atoms with Crippen LogP contribution in [0.15, 0.2) is 16.9 Å². The van der Waals surface area contributed by atoms with Gasteiger partial charge < -0.3 is 4.98 Å². The van der Waals surface area contributed by atoms with E-state index < -0.39 is 5.82 Å². The highest BCUT2D eigenvalue weighted by molar-refractivity contribution is 5.83. The fraction of sp³-hybridized carbons (Fsp3) is 0.308. The molecule has 84 valence electrons. The smallest absolute Gasteiger partial charge is 0.195 e. The molecule has 2 aromatic rings. The molecule has 1 heterocycles. The maximum absolute atomic E-state index is 13.7. The highest BCUT2D eigenvalue weighted by Crippen LogP contribution is 2.18. The molecular formula is C13H14FNO. The zero-order valence-corrected chi connectivity index (χ0v) is 9.65. The van der Waals surface area contributed by atoms with Crippen molar-refractivity contribution in [1.29, 1.82) is 0 Å². The molecule has 0 aliphatic heterocycles. The molecule has 3 heteroatoms. The molecule has 16 heavy (non-hydrogen) atoms. The van der Waals surface area contributed by atoms with Gasteiger partial charge in [0, 0.05) is 11.3 Å². The van der Waals surface area contributed by atoms with Crippen LogP contribution in [0.1, 0.15) is 23.7 Å². The Labute approximate surface area is 93.1 Å². The van der Waals surface area contributed by atoms with E-state index in [1.165, 1.54) is 6.07 Å². The first-order chi connectivity index (χ1) is 7.56. The molecule has 1 aromatic heterocycles. The summed E-state index contributed by atoms with van der Waals surface area (Å²) in [6.45, 7) is 5.61. The lowest BCUT2D eigenvalue weighted by atomic mass is 10.0. The SMILES string of the molecule is CCc1c(C)[nH]c2c(C)ccc(F)c2c1=O. The Morgan fingerprint density at radius 1 is 1.31 bits per heavy atom. The Morgan fingerprint density at radius 2 is 2.00 bits per heavy atom. The number of benzene rings is 1. The van der Waals surface area contributed by atoms with E-state index in [9.17, 15) is 9.18 Å². The molecule has 0 radical (unpaired) electrons. The molecule has 0 aliphatic rings. The van der Waals surface area contributed by atoms with Gasteiger partial charge in [0.25, 0.3) is 0 Å². The van der Waals surface area contributed by atoms with Crippen molar-refractivity contribution in [3.8, 4) is 0 Å². The summed E-state index contributed by atoms with van der Waals surface area (Å²) in [5, 5.41) is 0.183. The Morgan fingerprint density at radius 3 is 2.62 bits per heavy atom. The minimum atomic E-state index is -0.448. The topological polar surface area (TPSA) is 32.9 Å². The van der Waals surface area contributed by atoms with Crippen molar-refractivity contribution in [3.05, 3.63) is 45.0 Å². The molecule has 0 unspecified atom stereocenters. The van der Waals surface area contributed by atoms with E-state index in [-0.39, 0.29) is 10.8 Å². The lowest BCUT2D eigenvalue weighted by molar-refractivity contribution is 0.638. The molecule has 0 amide bonds. The number of hydrogen-bond donors (Lipinski definition) is 1. The van der Waals surface area contributed by atoms with Gasteiger partial charge in [0.2, 0.25) is 0 Å². The lowest BCUT2D eigenvalue weighted by Gasteiger charge is -2.08. The van der Waals surface area contributed by atoms with Crippen molar-refractivity contribution >= 4 is 10.9 Å². The number of nitrogens with one attached hydrogen (secondary N) is 1. The van der Waals surface area contributed by atoms with Crippen LogP contribution in [-0.2, 0) is 6.42 Å². The molecule has 2 nitrogen and oxygen atoms in total. The van der Waals surface area contributed by atoms with E-state index in [2.05, 4.69) is 4.98 Å². The number of rotatable bonds is 1. The fourth-order valence-electron chi connectivity index (χ4n) is 2.07. The molecule has 0 saturated heterocycles. The van der Waals surface area contributed by atoms with Gasteiger partial charge in [0.05, 0.1) is 10.9 Å². The summed E-state index contributed by atoms with van der Waals surface area (Å²) in [7, 11) is 0. The van der Waals surface area contributed by atoms with Crippen LogP contribution >= 0.6 is 0 Å². The van der Waals surface area contributed by atoms with E-state index in [0.29, 0.717) is 17.5 Å². The monoisotopic (exact) mass is 219 g/mol. The molecule has 0 atom stereocenters. The quantitative estimate of drug-likeness (QED) is 0.786. The Kier molecular flexibility index (Phi) is 2.54. The van der Waals surface area contributed by atoms with Crippen LogP contribution < -0.4 is 5.43 Å². The third-order valence-electron chi connectivity index (χ3n) is 2.98. The predicted molar refractivity (Wildman–Crippen MR) is 63.4 cm³/mol. The first kappa shape index (κ1) is 10.9. The molecule has 2 rings (SSSR count). The van der Waals surface area contributed by atoms with E-state index in [4.69, 9.17) is 0 Å². The van der Waals surface area contributed by atoms with Gasteiger partial charge in [0.15, 0.2) is 5.43 Å². The Bertz CT molecular complexity index is 613.